The molecule has 2 unspecified atom stereocenters. The standard InChI is InChI=1S/C15H20O5/c1-9-7-8-20-13(9)12(16)10-5-6-11(17-2)15(19-4)14(10)18-3/h5-6,9,13H,7-8H2,1-4H3. The van der Waals surface area contributed by atoms with Crippen LogP contribution in [0.5, 0.6) is 17.2 Å². The third-order valence-corrected chi connectivity index (χ3v) is 3.62. The molecule has 1 aliphatic rings. The SMILES string of the molecule is COc1ccc(C(=O)C2OCCC2C)c(OC)c1OC. The van der Waals surface area contributed by atoms with Gasteiger partial charge in [-0.05, 0) is 24.5 Å². The van der Waals surface area contributed by atoms with Crippen LogP contribution in [0.15, 0.2) is 12.1 Å². The van der Waals surface area contributed by atoms with Gasteiger partial charge in [0.05, 0.1) is 26.9 Å². The molecule has 110 valence electrons. The van der Waals surface area contributed by atoms with Crippen molar-refractivity contribution in [3.05, 3.63) is 17.7 Å². The van der Waals surface area contributed by atoms with E-state index in [1.165, 1.54) is 14.2 Å². The average molecular weight is 280 g/mol. The van der Waals surface area contributed by atoms with Crippen LogP contribution in [0.3, 0.4) is 0 Å². The first-order valence-electron chi connectivity index (χ1n) is 6.58. The van der Waals surface area contributed by atoms with E-state index in [4.69, 9.17) is 18.9 Å². The summed E-state index contributed by atoms with van der Waals surface area (Å²) >= 11 is 0. The zero-order valence-corrected chi connectivity index (χ0v) is 12.3. The Bertz CT molecular complexity index is 497. The number of methoxy groups -OCH3 is 3. The van der Waals surface area contributed by atoms with Crippen LogP contribution in [0.25, 0.3) is 0 Å². The predicted octanol–water partition coefficient (Wildman–Crippen LogP) is 2.32. The molecule has 1 saturated heterocycles. The fourth-order valence-electron chi connectivity index (χ4n) is 2.48. The summed E-state index contributed by atoms with van der Waals surface area (Å²) in [6, 6.07) is 3.39. The first-order chi connectivity index (χ1) is 9.63. The van der Waals surface area contributed by atoms with Crippen molar-refractivity contribution < 1.29 is 23.7 Å². The molecule has 0 N–H and O–H groups in total. The van der Waals surface area contributed by atoms with E-state index >= 15 is 0 Å². The molecule has 0 amide bonds. The maximum atomic E-state index is 12.6. The minimum atomic E-state index is -0.415. The minimum Gasteiger partial charge on any atom is -0.493 e. The van der Waals surface area contributed by atoms with Gasteiger partial charge in [-0.3, -0.25) is 4.79 Å². The highest BCUT2D eigenvalue weighted by atomic mass is 16.5. The van der Waals surface area contributed by atoms with Crippen LogP contribution in [0, 0.1) is 5.92 Å². The third-order valence-electron chi connectivity index (χ3n) is 3.62. The molecular weight excluding hydrogens is 260 g/mol. The van der Waals surface area contributed by atoms with Gasteiger partial charge < -0.3 is 18.9 Å². The van der Waals surface area contributed by atoms with Crippen LogP contribution in [-0.4, -0.2) is 39.8 Å². The molecule has 0 aliphatic carbocycles. The lowest BCUT2D eigenvalue weighted by Gasteiger charge is -2.18. The van der Waals surface area contributed by atoms with E-state index in [9.17, 15) is 4.79 Å². The van der Waals surface area contributed by atoms with Crippen molar-refractivity contribution in [2.75, 3.05) is 27.9 Å². The van der Waals surface area contributed by atoms with Crippen molar-refractivity contribution in [1.29, 1.82) is 0 Å². The van der Waals surface area contributed by atoms with Gasteiger partial charge in [0.15, 0.2) is 17.3 Å². The lowest BCUT2D eigenvalue weighted by Crippen LogP contribution is -2.25. The molecule has 0 bridgehead atoms. The van der Waals surface area contributed by atoms with Gasteiger partial charge in [-0.1, -0.05) is 6.92 Å². The fourth-order valence-corrected chi connectivity index (χ4v) is 2.48. The molecule has 2 atom stereocenters. The minimum absolute atomic E-state index is 0.0761. The van der Waals surface area contributed by atoms with Gasteiger partial charge in [0, 0.05) is 6.61 Å². The number of benzene rings is 1. The Labute approximate surface area is 118 Å². The van der Waals surface area contributed by atoms with Crippen LogP contribution in [-0.2, 0) is 4.74 Å². The molecule has 1 fully saturated rings. The quantitative estimate of drug-likeness (QED) is 0.775. The Hall–Kier alpha value is -1.75. The number of carbonyl (C=O) groups is 1. The normalized spacial score (nSPS) is 21.6. The Balaban J connectivity index is 2.43. The number of hydrogen-bond donors (Lipinski definition) is 0. The van der Waals surface area contributed by atoms with E-state index in [0.29, 0.717) is 29.4 Å². The van der Waals surface area contributed by atoms with Crippen molar-refractivity contribution in [3.8, 4) is 17.2 Å². The molecule has 5 nitrogen and oxygen atoms in total. The second-order valence-electron chi connectivity index (χ2n) is 4.80. The highest BCUT2D eigenvalue weighted by Gasteiger charge is 2.34. The van der Waals surface area contributed by atoms with Gasteiger partial charge in [0.25, 0.3) is 0 Å². The summed E-state index contributed by atoms with van der Waals surface area (Å²) in [6.45, 7) is 2.63. The molecule has 1 aromatic carbocycles. The molecule has 0 radical (unpaired) electrons. The number of hydrogen-bond acceptors (Lipinski definition) is 5. The number of rotatable bonds is 5. The molecular formula is C15H20O5. The zero-order valence-electron chi connectivity index (χ0n) is 12.3. The van der Waals surface area contributed by atoms with E-state index in [2.05, 4.69) is 0 Å². The van der Waals surface area contributed by atoms with Crippen LogP contribution in [0.2, 0.25) is 0 Å². The lowest BCUT2D eigenvalue weighted by atomic mass is 9.95. The number of Topliss-reactive ketones (excluding diaryl/α,β-unsaturated/α-hetero) is 1. The maximum Gasteiger partial charge on any atom is 0.204 e. The molecule has 1 aromatic rings. The second kappa shape index (κ2) is 6.13. The van der Waals surface area contributed by atoms with Gasteiger partial charge in [0.2, 0.25) is 5.75 Å². The fraction of sp³-hybridized carbons (Fsp3) is 0.533. The lowest BCUT2D eigenvalue weighted by molar-refractivity contribution is 0.0576. The Morgan fingerprint density at radius 3 is 2.35 bits per heavy atom. The van der Waals surface area contributed by atoms with Crippen molar-refractivity contribution in [1.82, 2.24) is 0 Å². The molecule has 0 spiro atoms. The zero-order chi connectivity index (χ0) is 14.7. The molecule has 0 saturated carbocycles. The largest absolute Gasteiger partial charge is 0.493 e. The van der Waals surface area contributed by atoms with Crippen LogP contribution >= 0.6 is 0 Å². The maximum absolute atomic E-state index is 12.6. The van der Waals surface area contributed by atoms with Crippen LogP contribution in [0.1, 0.15) is 23.7 Å². The molecule has 1 heterocycles. The van der Waals surface area contributed by atoms with Gasteiger partial charge in [0.1, 0.15) is 6.10 Å². The Kier molecular flexibility index (Phi) is 4.49. The van der Waals surface area contributed by atoms with Gasteiger partial charge in [-0.2, -0.15) is 0 Å². The summed E-state index contributed by atoms with van der Waals surface area (Å²) in [5, 5.41) is 0. The second-order valence-corrected chi connectivity index (χ2v) is 4.80. The Morgan fingerprint density at radius 1 is 1.15 bits per heavy atom. The van der Waals surface area contributed by atoms with Crippen molar-refractivity contribution in [2.24, 2.45) is 5.92 Å². The number of carbonyl (C=O) groups excluding carboxylic acids is 1. The summed E-state index contributed by atoms with van der Waals surface area (Å²) in [5.74, 6) is 1.47. The van der Waals surface area contributed by atoms with Crippen molar-refractivity contribution in [2.45, 2.75) is 19.4 Å². The first kappa shape index (κ1) is 14.7. The smallest absolute Gasteiger partial charge is 0.204 e. The molecule has 1 aliphatic heterocycles. The van der Waals surface area contributed by atoms with E-state index in [1.54, 1.807) is 19.2 Å². The van der Waals surface area contributed by atoms with E-state index in [1.807, 2.05) is 6.92 Å². The topological polar surface area (TPSA) is 54.0 Å². The summed E-state index contributed by atoms with van der Waals surface area (Å²) < 4.78 is 21.4. The third kappa shape index (κ3) is 2.45. The predicted molar refractivity (Wildman–Crippen MR) is 73.9 cm³/mol. The van der Waals surface area contributed by atoms with Gasteiger partial charge >= 0.3 is 0 Å². The highest BCUT2D eigenvalue weighted by Crippen LogP contribution is 2.41. The molecule has 5 heteroatoms. The monoisotopic (exact) mass is 280 g/mol. The highest BCUT2D eigenvalue weighted by molar-refractivity contribution is 6.03. The van der Waals surface area contributed by atoms with E-state index < -0.39 is 6.10 Å². The van der Waals surface area contributed by atoms with Crippen LogP contribution < -0.4 is 14.2 Å². The van der Waals surface area contributed by atoms with E-state index in [-0.39, 0.29) is 11.7 Å². The molecule has 0 aromatic heterocycles. The average Bonchev–Trinajstić information content (AvgIpc) is 2.90. The van der Waals surface area contributed by atoms with Crippen molar-refractivity contribution >= 4 is 5.78 Å². The molecule has 20 heavy (non-hydrogen) atoms. The summed E-state index contributed by atoms with van der Waals surface area (Å²) in [5.41, 5.74) is 0.462. The first-order valence-corrected chi connectivity index (χ1v) is 6.58. The molecule has 2 rings (SSSR count). The van der Waals surface area contributed by atoms with E-state index in [0.717, 1.165) is 6.42 Å². The number of ether oxygens (including phenoxy) is 4. The van der Waals surface area contributed by atoms with Gasteiger partial charge in [-0.15, -0.1) is 0 Å². The summed E-state index contributed by atoms with van der Waals surface area (Å²) in [7, 11) is 4.57. The number of ketones is 1. The Morgan fingerprint density at radius 2 is 1.85 bits per heavy atom. The van der Waals surface area contributed by atoms with Crippen LogP contribution in [0.4, 0.5) is 0 Å². The summed E-state index contributed by atoms with van der Waals surface area (Å²) in [6.07, 6.45) is 0.480. The van der Waals surface area contributed by atoms with Crippen molar-refractivity contribution in [3.63, 3.8) is 0 Å². The summed E-state index contributed by atoms with van der Waals surface area (Å²) in [4.78, 5) is 12.6. The van der Waals surface area contributed by atoms with Gasteiger partial charge in [-0.25, -0.2) is 0 Å².